The lowest BCUT2D eigenvalue weighted by molar-refractivity contribution is -0.141. The average Bonchev–Trinajstić information content (AvgIpc) is 3.30. The van der Waals surface area contributed by atoms with Crippen LogP contribution in [0.2, 0.25) is 5.02 Å². The third-order valence-corrected chi connectivity index (χ3v) is 8.66. The van der Waals surface area contributed by atoms with E-state index >= 15 is 0 Å². The molecule has 0 bridgehead atoms. The summed E-state index contributed by atoms with van der Waals surface area (Å²) in [6, 6.07) is 3.12. The molecule has 12 heteroatoms. The fourth-order valence-electron chi connectivity index (χ4n) is 6.04. The van der Waals surface area contributed by atoms with Gasteiger partial charge in [-0.05, 0) is 48.6 Å². The number of alkyl carbamates (subject to hydrolysis) is 1. The molecular weight excluding hydrogens is 552 g/mol. The summed E-state index contributed by atoms with van der Waals surface area (Å²) in [5, 5.41) is 13.4. The minimum absolute atomic E-state index is 0.0594. The Kier molecular flexibility index (Phi) is 7.95. The molecule has 1 aliphatic heterocycles. The summed E-state index contributed by atoms with van der Waals surface area (Å²) in [5.74, 6) is 0.984. The molecule has 1 aromatic carbocycles. The van der Waals surface area contributed by atoms with Crippen molar-refractivity contribution in [2.24, 2.45) is 23.0 Å². The normalized spacial score (nSPS) is 25.9. The van der Waals surface area contributed by atoms with Crippen LogP contribution in [0.4, 0.5) is 4.79 Å². The van der Waals surface area contributed by atoms with Crippen LogP contribution in [0.15, 0.2) is 18.2 Å². The van der Waals surface area contributed by atoms with E-state index in [0.29, 0.717) is 39.9 Å². The number of halogens is 1. The number of carbonyl (C=O) groups is 3. The van der Waals surface area contributed by atoms with Crippen LogP contribution < -0.4 is 20.5 Å². The number of pyridine rings is 1. The van der Waals surface area contributed by atoms with Crippen LogP contribution in [0.1, 0.15) is 52.1 Å². The van der Waals surface area contributed by atoms with E-state index < -0.39 is 41.5 Å². The number of primary amides is 1. The van der Waals surface area contributed by atoms with Crippen molar-refractivity contribution in [3.8, 4) is 11.5 Å². The van der Waals surface area contributed by atoms with E-state index in [4.69, 9.17) is 31.5 Å². The van der Waals surface area contributed by atoms with Gasteiger partial charge in [-0.1, -0.05) is 32.4 Å². The number of benzene rings is 1. The number of aliphatic hydroxyl groups is 1. The van der Waals surface area contributed by atoms with Crippen LogP contribution in [-0.4, -0.2) is 70.8 Å². The zero-order valence-electron chi connectivity index (χ0n) is 23.7. The highest BCUT2D eigenvalue weighted by Crippen LogP contribution is 2.52. The fraction of sp³-hybridized carbons (Fsp3) is 0.586. The van der Waals surface area contributed by atoms with E-state index in [-0.39, 0.29) is 30.7 Å². The van der Waals surface area contributed by atoms with E-state index in [1.54, 1.807) is 18.2 Å². The molecule has 3 amide bonds. The average molecular weight is 589 g/mol. The minimum atomic E-state index is -0.958. The standard InChI is InChI=1S/C29H37ClN4O7/c1-29(2,3)25(33-28(38)41-17-8-14-7-15(14)9-17)27(37)34-12-18(11-20(34)26(31)36)40-22-10-16(13-35)32-24-19(22)5-6-21(39-4)23(24)30/h5-6,10,14-15,17-18,20,25,35H,7-9,11-13H2,1-4H3,(H2,31,36)(H,33,38)/t14-,15+,17?,18?,20-,25+/m0/s1. The molecule has 2 unspecified atom stereocenters. The molecule has 2 aromatic rings. The topological polar surface area (TPSA) is 153 Å². The van der Waals surface area contributed by atoms with Crippen molar-refractivity contribution in [3.05, 3.63) is 28.9 Å². The molecule has 0 radical (unpaired) electrons. The number of rotatable bonds is 8. The third-order valence-electron chi connectivity index (χ3n) is 8.30. The van der Waals surface area contributed by atoms with Gasteiger partial charge in [0.25, 0.3) is 0 Å². The van der Waals surface area contributed by atoms with Crippen molar-refractivity contribution in [1.82, 2.24) is 15.2 Å². The number of aliphatic hydroxyl groups excluding tert-OH is 1. The first-order valence-electron chi connectivity index (χ1n) is 13.9. The van der Waals surface area contributed by atoms with E-state index in [2.05, 4.69) is 10.3 Å². The Morgan fingerprint density at radius 1 is 1.15 bits per heavy atom. The Morgan fingerprint density at radius 3 is 2.46 bits per heavy atom. The van der Waals surface area contributed by atoms with Gasteiger partial charge in [-0.2, -0.15) is 0 Å². The van der Waals surface area contributed by atoms with Crippen LogP contribution in [0.3, 0.4) is 0 Å². The summed E-state index contributed by atoms with van der Waals surface area (Å²) in [6.45, 7) is 5.21. The summed E-state index contributed by atoms with van der Waals surface area (Å²) in [7, 11) is 1.49. The summed E-state index contributed by atoms with van der Waals surface area (Å²) < 4.78 is 17.2. The van der Waals surface area contributed by atoms with Crippen LogP contribution >= 0.6 is 11.6 Å². The summed E-state index contributed by atoms with van der Waals surface area (Å²) in [6.07, 6.45) is 1.70. The Balaban J connectivity index is 1.35. The summed E-state index contributed by atoms with van der Waals surface area (Å²) in [5.41, 5.74) is 5.77. The smallest absolute Gasteiger partial charge is 0.408 e. The van der Waals surface area contributed by atoms with E-state index in [0.717, 1.165) is 12.8 Å². The Morgan fingerprint density at radius 2 is 1.85 bits per heavy atom. The molecule has 11 nitrogen and oxygen atoms in total. The first-order valence-corrected chi connectivity index (χ1v) is 14.3. The predicted molar refractivity (Wildman–Crippen MR) is 150 cm³/mol. The highest BCUT2D eigenvalue weighted by atomic mass is 35.5. The molecule has 0 spiro atoms. The maximum absolute atomic E-state index is 13.9. The van der Waals surface area contributed by atoms with Gasteiger partial charge in [0.2, 0.25) is 11.8 Å². The Labute approximate surface area is 243 Å². The molecule has 41 heavy (non-hydrogen) atoms. The molecule has 6 atom stereocenters. The molecule has 2 heterocycles. The molecule has 1 aromatic heterocycles. The molecule has 1 saturated heterocycles. The summed E-state index contributed by atoms with van der Waals surface area (Å²) >= 11 is 6.49. The van der Waals surface area contributed by atoms with Crippen molar-refractivity contribution < 1.29 is 33.7 Å². The zero-order chi connectivity index (χ0) is 29.6. The predicted octanol–water partition coefficient (Wildman–Crippen LogP) is 3.16. The van der Waals surface area contributed by atoms with Crippen molar-refractivity contribution in [1.29, 1.82) is 0 Å². The quantitative estimate of drug-likeness (QED) is 0.425. The van der Waals surface area contributed by atoms with Crippen LogP contribution in [0.5, 0.6) is 11.5 Å². The molecule has 222 valence electrons. The fourth-order valence-corrected chi connectivity index (χ4v) is 6.33. The van der Waals surface area contributed by atoms with Gasteiger partial charge >= 0.3 is 6.09 Å². The second-order valence-corrected chi connectivity index (χ2v) is 12.7. The third kappa shape index (κ3) is 6.01. The van der Waals surface area contributed by atoms with Gasteiger partial charge in [0.1, 0.15) is 40.8 Å². The number of hydrogen-bond acceptors (Lipinski definition) is 8. The van der Waals surface area contributed by atoms with Crippen LogP contribution in [0, 0.1) is 17.3 Å². The largest absolute Gasteiger partial charge is 0.495 e. The number of nitrogens with two attached hydrogens (primary N) is 1. The maximum atomic E-state index is 13.9. The van der Waals surface area contributed by atoms with Gasteiger partial charge in [-0.15, -0.1) is 0 Å². The number of likely N-dealkylation sites (tertiary alicyclic amines) is 1. The maximum Gasteiger partial charge on any atom is 0.408 e. The van der Waals surface area contributed by atoms with Crippen molar-refractivity contribution in [2.45, 2.75) is 77.4 Å². The lowest BCUT2D eigenvalue weighted by Crippen LogP contribution is -2.57. The highest BCUT2D eigenvalue weighted by molar-refractivity contribution is 6.36. The molecular formula is C29H37ClN4O7. The van der Waals surface area contributed by atoms with Gasteiger partial charge in [0, 0.05) is 17.9 Å². The number of ether oxygens (including phenoxy) is 3. The second-order valence-electron chi connectivity index (χ2n) is 12.3. The number of hydrogen-bond donors (Lipinski definition) is 3. The first-order chi connectivity index (χ1) is 19.4. The summed E-state index contributed by atoms with van der Waals surface area (Å²) in [4.78, 5) is 45.0. The molecule has 2 aliphatic carbocycles. The Bertz CT molecular complexity index is 1350. The number of methoxy groups -OCH3 is 1. The zero-order valence-corrected chi connectivity index (χ0v) is 24.4. The van der Waals surface area contributed by atoms with Gasteiger partial charge < -0.3 is 35.3 Å². The van der Waals surface area contributed by atoms with E-state index in [1.165, 1.54) is 18.4 Å². The van der Waals surface area contributed by atoms with Crippen molar-refractivity contribution >= 4 is 40.4 Å². The van der Waals surface area contributed by atoms with Crippen LogP contribution in [0.25, 0.3) is 10.9 Å². The molecule has 5 rings (SSSR count). The van der Waals surface area contributed by atoms with Gasteiger partial charge in [-0.3, -0.25) is 9.59 Å². The lowest BCUT2D eigenvalue weighted by atomic mass is 9.85. The van der Waals surface area contributed by atoms with E-state index in [1.807, 2.05) is 20.8 Å². The van der Waals surface area contributed by atoms with Gasteiger partial charge in [0.05, 0.1) is 31.5 Å². The number of aromatic nitrogens is 1. The highest BCUT2D eigenvalue weighted by Gasteiger charge is 2.48. The van der Waals surface area contributed by atoms with Crippen molar-refractivity contribution in [3.63, 3.8) is 0 Å². The van der Waals surface area contributed by atoms with Crippen molar-refractivity contribution in [2.75, 3.05) is 13.7 Å². The molecule has 3 aliphatic rings. The molecule has 2 saturated carbocycles. The number of nitrogens with one attached hydrogen (secondary N) is 1. The monoisotopic (exact) mass is 588 g/mol. The first kappa shape index (κ1) is 29.2. The second kappa shape index (κ2) is 11.2. The van der Waals surface area contributed by atoms with E-state index in [9.17, 15) is 19.5 Å². The number of nitrogens with zero attached hydrogens (tertiary/aromatic N) is 2. The Hall–Kier alpha value is -3.31. The number of amides is 3. The molecule has 3 fully saturated rings. The minimum Gasteiger partial charge on any atom is -0.495 e. The molecule has 4 N–H and O–H groups in total. The van der Waals surface area contributed by atoms with Gasteiger partial charge in [0.15, 0.2) is 0 Å². The van der Waals surface area contributed by atoms with Gasteiger partial charge in [-0.25, -0.2) is 9.78 Å². The SMILES string of the molecule is COc1ccc2c(OC3C[C@@H](C(N)=O)N(C(=O)[C@@H](NC(=O)OC4C[C@@H]5C[C@@H]5C4)C(C)(C)C)C3)cc(CO)nc2c1Cl. The number of carbonyl (C=O) groups excluding carboxylic acids is 3. The van der Waals surface area contributed by atoms with Crippen LogP contribution in [-0.2, 0) is 20.9 Å². The number of fused-ring (bicyclic) bond motifs is 2. The lowest BCUT2D eigenvalue weighted by Gasteiger charge is -2.35.